The van der Waals surface area contributed by atoms with E-state index in [1.54, 1.807) is 0 Å². The highest BCUT2D eigenvalue weighted by Gasteiger charge is 2.21. The molecule has 0 aliphatic carbocycles. The summed E-state index contributed by atoms with van der Waals surface area (Å²) in [4.78, 5) is 15.0. The summed E-state index contributed by atoms with van der Waals surface area (Å²) in [5.74, 6) is 0.787. The Bertz CT molecular complexity index is 348. The van der Waals surface area contributed by atoms with Gasteiger partial charge in [0, 0.05) is 13.2 Å². The van der Waals surface area contributed by atoms with Gasteiger partial charge in [-0.25, -0.2) is 0 Å². The first-order valence-corrected chi connectivity index (χ1v) is 7.07. The Morgan fingerprint density at radius 2 is 2.47 bits per heavy atom. The van der Waals surface area contributed by atoms with E-state index in [4.69, 9.17) is 5.11 Å². The van der Waals surface area contributed by atoms with Gasteiger partial charge in [-0.05, 0) is 43.2 Å². The van der Waals surface area contributed by atoms with Crippen molar-refractivity contribution in [3.63, 3.8) is 0 Å². The zero-order valence-corrected chi connectivity index (χ0v) is 10.8. The molecule has 3 nitrogen and oxygen atoms in total. The highest BCUT2D eigenvalue weighted by molar-refractivity contribution is 7.12. The lowest BCUT2D eigenvalue weighted by molar-refractivity contribution is 0.0875. The van der Waals surface area contributed by atoms with Crippen molar-refractivity contribution in [2.75, 3.05) is 26.2 Å². The third-order valence-electron chi connectivity index (χ3n) is 3.30. The molecule has 1 unspecified atom stereocenters. The molecule has 0 saturated carbocycles. The average molecular weight is 253 g/mol. The van der Waals surface area contributed by atoms with E-state index in [2.05, 4.69) is 4.90 Å². The topological polar surface area (TPSA) is 40.5 Å². The molecule has 2 heterocycles. The molecule has 1 aliphatic rings. The largest absolute Gasteiger partial charge is 0.396 e. The van der Waals surface area contributed by atoms with E-state index in [0.717, 1.165) is 30.8 Å². The predicted octanol–water partition coefficient (Wildman–Crippen LogP) is 2.03. The van der Waals surface area contributed by atoms with Crippen LogP contribution in [0, 0.1) is 5.92 Å². The Morgan fingerprint density at radius 3 is 3.18 bits per heavy atom. The smallest absolute Gasteiger partial charge is 0.186 e. The van der Waals surface area contributed by atoms with Gasteiger partial charge in [-0.2, -0.15) is 0 Å². The number of Topliss-reactive ketones (excluding diaryl/α,β-unsaturated/α-hetero) is 1. The molecule has 17 heavy (non-hydrogen) atoms. The lowest BCUT2D eigenvalue weighted by Crippen LogP contribution is -2.38. The zero-order valence-electron chi connectivity index (χ0n) is 9.97. The molecule has 1 aliphatic heterocycles. The summed E-state index contributed by atoms with van der Waals surface area (Å²) >= 11 is 1.51. The highest BCUT2D eigenvalue weighted by atomic mass is 32.1. The summed E-state index contributed by atoms with van der Waals surface area (Å²) in [5, 5.41) is 10.9. The third kappa shape index (κ3) is 3.63. The number of hydrogen-bond acceptors (Lipinski definition) is 4. The van der Waals surface area contributed by atoms with Crippen molar-refractivity contribution >= 4 is 17.1 Å². The lowest BCUT2D eigenvalue weighted by atomic mass is 9.95. The van der Waals surface area contributed by atoms with Gasteiger partial charge >= 0.3 is 0 Å². The Balaban J connectivity index is 1.84. The van der Waals surface area contributed by atoms with Crippen LogP contribution in [0.25, 0.3) is 0 Å². The van der Waals surface area contributed by atoms with Crippen LogP contribution in [0.1, 0.15) is 28.9 Å². The van der Waals surface area contributed by atoms with Crippen LogP contribution in [0.4, 0.5) is 0 Å². The van der Waals surface area contributed by atoms with Crippen molar-refractivity contribution in [3.8, 4) is 0 Å². The number of nitrogens with zero attached hydrogens (tertiary/aromatic N) is 1. The average Bonchev–Trinajstić information content (AvgIpc) is 2.83. The number of likely N-dealkylation sites (tertiary alicyclic amines) is 1. The molecule has 4 heteroatoms. The second-order valence-corrected chi connectivity index (χ2v) is 5.60. The minimum atomic E-state index is 0.227. The van der Waals surface area contributed by atoms with Crippen LogP contribution in [0.5, 0.6) is 0 Å². The van der Waals surface area contributed by atoms with Crippen LogP contribution in [0.15, 0.2) is 17.5 Å². The fraction of sp³-hybridized carbons (Fsp3) is 0.615. The van der Waals surface area contributed by atoms with Gasteiger partial charge in [-0.15, -0.1) is 11.3 Å². The Hall–Kier alpha value is -0.710. The Kier molecular flexibility index (Phi) is 4.71. The van der Waals surface area contributed by atoms with Crippen LogP contribution < -0.4 is 0 Å². The predicted molar refractivity (Wildman–Crippen MR) is 69.5 cm³/mol. The maximum atomic E-state index is 12.0. The van der Waals surface area contributed by atoms with Crippen LogP contribution in [0.2, 0.25) is 0 Å². The Morgan fingerprint density at radius 1 is 1.59 bits per heavy atom. The van der Waals surface area contributed by atoms with Crippen molar-refractivity contribution in [1.29, 1.82) is 0 Å². The highest BCUT2D eigenvalue weighted by Crippen LogP contribution is 2.20. The second kappa shape index (κ2) is 6.28. The van der Waals surface area contributed by atoms with Gasteiger partial charge in [-0.3, -0.25) is 9.69 Å². The molecule has 1 fully saturated rings. The first-order valence-electron chi connectivity index (χ1n) is 6.19. The monoisotopic (exact) mass is 253 g/mol. The lowest BCUT2D eigenvalue weighted by Gasteiger charge is -2.31. The van der Waals surface area contributed by atoms with Crippen molar-refractivity contribution in [2.45, 2.75) is 19.3 Å². The SMILES string of the molecule is O=C(CN1CCCC(CCO)C1)c1cccs1. The number of ketones is 1. The van der Waals surface area contributed by atoms with Gasteiger partial charge in [0.25, 0.3) is 0 Å². The van der Waals surface area contributed by atoms with Crippen LogP contribution in [-0.2, 0) is 0 Å². The molecule has 2 rings (SSSR count). The van der Waals surface area contributed by atoms with E-state index in [0.29, 0.717) is 12.5 Å². The molecule has 1 aromatic heterocycles. The normalized spacial score (nSPS) is 21.6. The minimum Gasteiger partial charge on any atom is -0.396 e. The van der Waals surface area contributed by atoms with Crippen molar-refractivity contribution in [1.82, 2.24) is 4.90 Å². The molecule has 0 spiro atoms. The van der Waals surface area contributed by atoms with Crippen molar-refractivity contribution in [3.05, 3.63) is 22.4 Å². The molecule has 94 valence electrons. The van der Waals surface area contributed by atoms with Crippen molar-refractivity contribution < 1.29 is 9.90 Å². The summed E-state index contributed by atoms with van der Waals surface area (Å²) < 4.78 is 0. The van der Waals surface area contributed by atoms with Gasteiger partial charge < -0.3 is 5.11 Å². The maximum Gasteiger partial charge on any atom is 0.186 e. The fourth-order valence-electron chi connectivity index (χ4n) is 2.43. The number of thiophene rings is 1. The number of carbonyl (C=O) groups excluding carboxylic acids is 1. The van der Waals surface area contributed by atoms with Crippen LogP contribution >= 0.6 is 11.3 Å². The molecule has 0 radical (unpaired) electrons. The number of hydrogen-bond donors (Lipinski definition) is 1. The molecule has 1 aromatic rings. The molecule has 1 atom stereocenters. The van der Waals surface area contributed by atoms with Gasteiger partial charge in [0.2, 0.25) is 0 Å². The number of aliphatic hydroxyl groups excluding tert-OH is 1. The Labute approximate surface area is 106 Å². The second-order valence-electron chi connectivity index (χ2n) is 4.66. The van der Waals surface area contributed by atoms with Gasteiger partial charge in [0.1, 0.15) is 0 Å². The van der Waals surface area contributed by atoms with Crippen LogP contribution in [-0.4, -0.2) is 42.0 Å². The summed E-state index contributed by atoms with van der Waals surface area (Å²) in [6.07, 6.45) is 3.19. The number of aliphatic hydroxyl groups is 1. The summed E-state index contributed by atoms with van der Waals surface area (Å²) in [7, 11) is 0. The minimum absolute atomic E-state index is 0.227. The van der Waals surface area contributed by atoms with Crippen LogP contribution in [0.3, 0.4) is 0 Å². The van der Waals surface area contributed by atoms with E-state index < -0.39 is 0 Å². The molecule has 1 saturated heterocycles. The van der Waals surface area contributed by atoms with Gasteiger partial charge in [0.15, 0.2) is 5.78 Å². The van der Waals surface area contributed by atoms with Gasteiger partial charge in [0.05, 0.1) is 11.4 Å². The van der Waals surface area contributed by atoms with E-state index in [9.17, 15) is 4.79 Å². The summed E-state index contributed by atoms with van der Waals surface area (Å²) in [5.41, 5.74) is 0. The van der Waals surface area contributed by atoms with E-state index in [1.807, 2.05) is 17.5 Å². The quantitative estimate of drug-likeness (QED) is 0.816. The standard InChI is InChI=1S/C13H19NO2S/c15-7-5-11-3-1-6-14(9-11)10-12(16)13-4-2-8-17-13/h2,4,8,11,15H,1,3,5-7,9-10H2. The fourth-order valence-corrected chi connectivity index (χ4v) is 3.09. The van der Waals surface area contributed by atoms with E-state index in [-0.39, 0.29) is 12.4 Å². The molecular formula is C13H19NO2S. The number of carbonyl (C=O) groups is 1. The van der Waals surface area contributed by atoms with Crippen molar-refractivity contribution in [2.24, 2.45) is 5.92 Å². The molecular weight excluding hydrogens is 234 g/mol. The zero-order chi connectivity index (χ0) is 12.1. The summed E-state index contributed by atoms with van der Waals surface area (Å²) in [6.45, 7) is 2.76. The summed E-state index contributed by atoms with van der Waals surface area (Å²) in [6, 6.07) is 3.81. The molecule has 0 amide bonds. The first-order chi connectivity index (χ1) is 8.29. The maximum absolute atomic E-state index is 12.0. The third-order valence-corrected chi connectivity index (χ3v) is 4.21. The molecule has 0 aromatic carbocycles. The van der Waals surface area contributed by atoms with Gasteiger partial charge in [-0.1, -0.05) is 6.07 Å². The van der Waals surface area contributed by atoms with E-state index >= 15 is 0 Å². The number of rotatable bonds is 5. The molecule has 1 N–H and O–H groups in total. The number of piperidine rings is 1. The van der Waals surface area contributed by atoms with E-state index in [1.165, 1.54) is 17.8 Å². The molecule has 0 bridgehead atoms. The first kappa shape index (κ1) is 12.7.